The van der Waals surface area contributed by atoms with E-state index in [1.165, 1.54) is 10.9 Å². The SMILES string of the molecule is C1=C(c2ccccc2)N=C(c2cccc(-n3c4ccccc4c4cc5c6ccccc6n(-c6nc(-c7ccccc7)nc(-c7ccc(-c8ccccc8)cc7)n6)c5cc43)c2)NC1c1ccccc1. The molecule has 13 rings (SSSR count). The van der Waals surface area contributed by atoms with E-state index in [1.54, 1.807) is 0 Å². The predicted octanol–water partition coefficient (Wildman–Crippen LogP) is 14.2. The average molecular weight is 872 g/mol. The maximum absolute atomic E-state index is 5.31. The number of aromatic nitrogens is 5. The molecule has 1 aliphatic heterocycles. The summed E-state index contributed by atoms with van der Waals surface area (Å²) < 4.78 is 4.59. The van der Waals surface area contributed by atoms with E-state index < -0.39 is 0 Å². The van der Waals surface area contributed by atoms with Crippen molar-refractivity contribution in [3.63, 3.8) is 0 Å². The molecule has 320 valence electrons. The van der Waals surface area contributed by atoms with Gasteiger partial charge in [0, 0.05) is 43.9 Å². The summed E-state index contributed by atoms with van der Waals surface area (Å²) in [7, 11) is 0. The molecule has 0 aliphatic carbocycles. The fourth-order valence-electron chi connectivity index (χ4n) is 9.76. The Balaban J connectivity index is 1.000. The van der Waals surface area contributed by atoms with Gasteiger partial charge in [0.15, 0.2) is 11.6 Å². The van der Waals surface area contributed by atoms with Crippen molar-refractivity contribution in [3.05, 3.63) is 253 Å². The molecule has 0 amide bonds. The van der Waals surface area contributed by atoms with Crippen LogP contribution in [-0.2, 0) is 0 Å². The lowest BCUT2D eigenvalue weighted by Crippen LogP contribution is -2.31. The van der Waals surface area contributed by atoms with Crippen molar-refractivity contribution >= 4 is 55.1 Å². The predicted molar refractivity (Wildman–Crippen MR) is 278 cm³/mol. The number of hydrogen-bond donors (Lipinski definition) is 1. The highest BCUT2D eigenvalue weighted by Crippen LogP contribution is 2.40. The normalized spacial score (nSPS) is 13.7. The van der Waals surface area contributed by atoms with Gasteiger partial charge >= 0.3 is 0 Å². The number of para-hydroxylation sites is 2. The van der Waals surface area contributed by atoms with Crippen LogP contribution in [0.4, 0.5) is 0 Å². The molecule has 4 heterocycles. The first-order valence-electron chi connectivity index (χ1n) is 22.9. The van der Waals surface area contributed by atoms with Crippen molar-refractivity contribution < 1.29 is 0 Å². The summed E-state index contributed by atoms with van der Waals surface area (Å²) in [6.07, 6.45) is 2.22. The first-order valence-corrected chi connectivity index (χ1v) is 22.9. The topological polar surface area (TPSA) is 72.9 Å². The number of benzene rings is 9. The van der Waals surface area contributed by atoms with Gasteiger partial charge in [0.1, 0.15) is 5.84 Å². The maximum Gasteiger partial charge on any atom is 0.238 e. The van der Waals surface area contributed by atoms with E-state index in [0.29, 0.717) is 17.6 Å². The van der Waals surface area contributed by atoms with Gasteiger partial charge in [-0.3, -0.25) is 4.57 Å². The minimum Gasteiger partial charge on any atom is -0.359 e. The van der Waals surface area contributed by atoms with Gasteiger partial charge < -0.3 is 9.88 Å². The highest BCUT2D eigenvalue weighted by molar-refractivity contribution is 6.19. The molecule has 0 fully saturated rings. The third-order valence-electron chi connectivity index (χ3n) is 13.0. The zero-order valence-electron chi connectivity index (χ0n) is 36.8. The maximum atomic E-state index is 5.31. The summed E-state index contributed by atoms with van der Waals surface area (Å²) in [6.45, 7) is 0. The smallest absolute Gasteiger partial charge is 0.238 e. The van der Waals surface area contributed by atoms with Gasteiger partial charge in [-0.15, -0.1) is 0 Å². The average Bonchev–Trinajstić information content (AvgIpc) is 3.93. The van der Waals surface area contributed by atoms with Crippen LogP contribution in [0.25, 0.3) is 94.8 Å². The van der Waals surface area contributed by atoms with Crippen molar-refractivity contribution in [1.82, 2.24) is 29.4 Å². The highest BCUT2D eigenvalue weighted by Gasteiger charge is 2.23. The van der Waals surface area contributed by atoms with Crippen molar-refractivity contribution in [3.8, 4) is 45.5 Å². The van der Waals surface area contributed by atoms with Crippen LogP contribution in [0.5, 0.6) is 0 Å². The van der Waals surface area contributed by atoms with Gasteiger partial charge in [0.25, 0.3) is 0 Å². The molecule has 0 bridgehead atoms. The lowest BCUT2D eigenvalue weighted by Gasteiger charge is -2.25. The lowest BCUT2D eigenvalue weighted by molar-refractivity contribution is 0.781. The second kappa shape index (κ2) is 16.3. The number of hydrogen-bond acceptors (Lipinski definition) is 5. The zero-order valence-corrected chi connectivity index (χ0v) is 36.8. The zero-order chi connectivity index (χ0) is 45.0. The summed E-state index contributed by atoms with van der Waals surface area (Å²) in [5.41, 5.74) is 13.5. The Morgan fingerprint density at radius 3 is 1.51 bits per heavy atom. The third-order valence-corrected chi connectivity index (χ3v) is 13.0. The van der Waals surface area contributed by atoms with Crippen LogP contribution in [0.15, 0.2) is 242 Å². The third kappa shape index (κ3) is 6.84. The molecule has 12 aromatic rings. The van der Waals surface area contributed by atoms with Crippen LogP contribution < -0.4 is 5.32 Å². The summed E-state index contributed by atoms with van der Waals surface area (Å²) in [5, 5.41) is 8.35. The minimum atomic E-state index is -0.0574. The van der Waals surface area contributed by atoms with Gasteiger partial charge in [-0.2, -0.15) is 9.97 Å². The number of rotatable bonds is 8. The lowest BCUT2D eigenvalue weighted by atomic mass is 10.0. The largest absolute Gasteiger partial charge is 0.359 e. The Hall–Kier alpha value is -9.20. The summed E-state index contributed by atoms with van der Waals surface area (Å²) in [6, 6.07) is 80.6. The number of aliphatic imine (C=N–C) groups is 1. The molecule has 68 heavy (non-hydrogen) atoms. The van der Waals surface area contributed by atoms with E-state index in [-0.39, 0.29) is 6.04 Å². The van der Waals surface area contributed by atoms with Crippen LogP contribution in [0.3, 0.4) is 0 Å². The van der Waals surface area contributed by atoms with Gasteiger partial charge in [0.2, 0.25) is 5.95 Å². The quantitative estimate of drug-likeness (QED) is 0.165. The number of nitrogens with one attached hydrogen (secondary N) is 1. The van der Waals surface area contributed by atoms with Crippen LogP contribution in [0.1, 0.15) is 22.7 Å². The Morgan fingerprint density at radius 2 is 0.853 bits per heavy atom. The minimum absolute atomic E-state index is 0.0574. The Morgan fingerprint density at radius 1 is 0.353 bits per heavy atom. The Labute approximate surface area is 392 Å². The highest BCUT2D eigenvalue weighted by atomic mass is 15.2. The van der Waals surface area contributed by atoms with E-state index in [2.05, 4.69) is 221 Å². The van der Waals surface area contributed by atoms with Crippen LogP contribution in [0.2, 0.25) is 0 Å². The second-order valence-corrected chi connectivity index (χ2v) is 17.1. The van der Waals surface area contributed by atoms with E-state index in [9.17, 15) is 0 Å². The van der Waals surface area contributed by atoms with E-state index in [4.69, 9.17) is 19.9 Å². The van der Waals surface area contributed by atoms with Gasteiger partial charge in [-0.05, 0) is 64.7 Å². The first kappa shape index (κ1) is 39.2. The molecule has 1 unspecified atom stereocenters. The van der Waals surface area contributed by atoms with E-state index in [0.717, 1.165) is 88.8 Å². The molecule has 9 aromatic carbocycles. The van der Waals surface area contributed by atoms with Crippen molar-refractivity contribution in [1.29, 1.82) is 0 Å². The second-order valence-electron chi connectivity index (χ2n) is 17.1. The fourth-order valence-corrected chi connectivity index (χ4v) is 9.76. The molecule has 1 N–H and O–H groups in total. The number of amidine groups is 1. The van der Waals surface area contributed by atoms with E-state index in [1.807, 2.05) is 30.3 Å². The van der Waals surface area contributed by atoms with Crippen LogP contribution >= 0.6 is 0 Å². The molecule has 0 saturated heterocycles. The first-order chi connectivity index (χ1) is 33.7. The molecular weight excluding hydrogens is 831 g/mol. The molecule has 7 heteroatoms. The Bertz CT molecular complexity index is 3910. The van der Waals surface area contributed by atoms with Gasteiger partial charge in [-0.25, -0.2) is 9.98 Å². The van der Waals surface area contributed by atoms with Crippen molar-refractivity contribution in [2.45, 2.75) is 6.04 Å². The van der Waals surface area contributed by atoms with Gasteiger partial charge in [0.05, 0.1) is 33.8 Å². The Kier molecular flexibility index (Phi) is 9.42. The monoisotopic (exact) mass is 871 g/mol. The number of nitrogens with zero attached hydrogens (tertiary/aromatic N) is 6. The fraction of sp³-hybridized carbons (Fsp3) is 0.0164. The van der Waals surface area contributed by atoms with Crippen LogP contribution in [-0.4, -0.2) is 29.9 Å². The molecule has 0 saturated carbocycles. The van der Waals surface area contributed by atoms with Crippen molar-refractivity contribution in [2.75, 3.05) is 0 Å². The number of fused-ring (bicyclic) bond motifs is 6. The molecular formula is C61H41N7. The molecule has 7 nitrogen and oxygen atoms in total. The molecule has 0 radical (unpaired) electrons. The molecule has 1 aliphatic rings. The van der Waals surface area contributed by atoms with E-state index >= 15 is 0 Å². The summed E-state index contributed by atoms with van der Waals surface area (Å²) in [4.78, 5) is 21.0. The van der Waals surface area contributed by atoms with Crippen LogP contribution in [0, 0.1) is 0 Å². The molecule has 0 spiro atoms. The van der Waals surface area contributed by atoms with Crippen molar-refractivity contribution in [2.24, 2.45) is 4.99 Å². The summed E-state index contributed by atoms with van der Waals surface area (Å²) in [5.74, 6) is 2.58. The molecule has 3 aromatic heterocycles. The summed E-state index contributed by atoms with van der Waals surface area (Å²) >= 11 is 0. The standard InChI is InChI=1S/C61H41N7/c1-5-18-40(19-6-1)41-32-34-45(35-33-41)59-64-58(44-24-11-4-12-25-44)65-61(66-59)68-55-31-16-14-29-49(55)51-37-50-48-28-13-15-30-54(48)67(56(50)39-57(51)68)47-27-17-26-46(36-47)60-62-52(42-20-7-2-8-21-42)38-53(63-60)43-22-9-3-10-23-43/h1-39,52H,(H,62,63). The molecule has 1 atom stereocenters. The van der Waals surface area contributed by atoms with Gasteiger partial charge in [-0.1, -0.05) is 194 Å².